The number of nitrogens with zero attached hydrogens (tertiary/aromatic N) is 3. The molecule has 0 bridgehead atoms. The minimum absolute atomic E-state index is 0. The normalized spacial score (nSPS) is 18.8. The van der Waals surface area contributed by atoms with Crippen molar-refractivity contribution < 1.29 is 13.7 Å². The topological polar surface area (TPSA) is 85.3 Å². The second kappa shape index (κ2) is 7.72. The molecule has 1 aliphatic rings. The van der Waals surface area contributed by atoms with Crippen molar-refractivity contribution in [1.29, 1.82) is 0 Å². The van der Waals surface area contributed by atoms with Crippen LogP contribution in [0.4, 0.5) is 4.39 Å². The van der Waals surface area contributed by atoms with Gasteiger partial charge in [-0.2, -0.15) is 4.98 Å². The predicted octanol–water partition coefficient (Wildman–Crippen LogP) is 2.35. The summed E-state index contributed by atoms with van der Waals surface area (Å²) in [6.45, 7) is 2.92. The molecule has 2 heterocycles. The van der Waals surface area contributed by atoms with Crippen molar-refractivity contribution in [3.05, 3.63) is 36.0 Å². The van der Waals surface area contributed by atoms with E-state index in [0.29, 0.717) is 30.4 Å². The number of piperidine rings is 1. The lowest BCUT2D eigenvalue weighted by Crippen LogP contribution is -2.46. The first-order valence-electron chi connectivity index (χ1n) is 7.68. The van der Waals surface area contributed by atoms with Gasteiger partial charge in [0.05, 0.1) is 12.0 Å². The third-order valence-electron chi connectivity index (χ3n) is 4.02. The molecule has 24 heavy (non-hydrogen) atoms. The van der Waals surface area contributed by atoms with Crippen molar-refractivity contribution in [1.82, 2.24) is 15.0 Å². The van der Waals surface area contributed by atoms with Crippen LogP contribution in [0, 0.1) is 5.82 Å². The summed E-state index contributed by atoms with van der Waals surface area (Å²) in [5.74, 6) is 0.568. The summed E-state index contributed by atoms with van der Waals surface area (Å²) in [6, 6.07) is 5.42. The van der Waals surface area contributed by atoms with Crippen molar-refractivity contribution in [2.24, 2.45) is 5.73 Å². The van der Waals surface area contributed by atoms with Crippen LogP contribution in [0.2, 0.25) is 0 Å². The summed E-state index contributed by atoms with van der Waals surface area (Å²) in [5, 5.41) is 3.96. The monoisotopic (exact) mass is 354 g/mol. The Labute approximate surface area is 145 Å². The third kappa shape index (κ3) is 3.91. The van der Waals surface area contributed by atoms with Gasteiger partial charge in [0.1, 0.15) is 5.82 Å². The maximum absolute atomic E-state index is 13.0. The fourth-order valence-corrected chi connectivity index (χ4v) is 2.78. The van der Waals surface area contributed by atoms with Gasteiger partial charge in [-0.05, 0) is 44.0 Å². The first-order chi connectivity index (χ1) is 11.0. The number of hydrogen-bond acceptors (Lipinski definition) is 5. The van der Waals surface area contributed by atoms with Crippen LogP contribution in [0.1, 0.15) is 31.6 Å². The lowest BCUT2D eigenvalue weighted by Gasteiger charge is -2.32. The Hall–Kier alpha value is -1.99. The maximum Gasteiger partial charge on any atom is 0.239 e. The predicted molar refractivity (Wildman–Crippen MR) is 89.1 cm³/mol. The van der Waals surface area contributed by atoms with E-state index >= 15 is 0 Å². The van der Waals surface area contributed by atoms with E-state index in [4.69, 9.17) is 10.3 Å². The van der Waals surface area contributed by atoms with E-state index in [1.54, 1.807) is 24.0 Å². The second-order valence-corrected chi connectivity index (χ2v) is 5.88. The van der Waals surface area contributed by atoms with Crippen LogP contribution in [0.25, 0.3) is 11.4 Å². The van der Waals surface area contributed by atoms with Crippen LogP contribution >= 0.6 is 12.4 Å². The molecule has 2 N–H and O–H groups in total. The molecular formula is C16H20ClFN4O2. The molecule has 0 aliphatic carbocycles. The second-order valence-electron chi connectivity index (χ2n) is 5.88. The Morgan fingerprint density at radius 3 is 2.79 bits per heavy atom. The average Bonchev–Trinajstić information content (AvgIpc) is 3.05. The molecule has 1 aliphatic heterocycles. The standard InChI is InChI=1S/C16H19FN4O2.ClH/c1-10(18)16(22)21-8-2-3-12(9-21)15-19-14(20-23-15)11-4-6-13(17)7-5-11;/h4-7,10,12H,2-3,8-9,18H2,1H3;1H/t10-,12?;/m0./s1. The van der Waals surface area contributed by atoms with Crippen LogP contribution in [0.3, 0.4) is 0 Å². The lowest BCUT2D eigenvalue weighted by molar-refractivity contribution is -0.133. The highest BCUT2D eigenvalue weighted by atomic mass is 35.5. The summed E-state index contributed by atoms with van der Waals surface area (Å²) in [5.41, 5.74) is 6.37. The van der Waals surface area contributed by atoms with Crippen LogP contribution < -0.4 is 5.73 Å². The van der Waals surface area contributed by atoms with E-state index in [1.165, 1.54) is 12.1 Å². The molecule has 0 spiro atoms. The van der Waals surface area contributed by atoms with Gasteiger partial charge in [0.2, 0.25) is 17.6 Å². The summed E-state index contributed by atoms with van der Waals surface area (Å²) in [4.78, 5) is 18.2. The Morgan fingerprint density at radius 2 is 2.12 bits per heavy atom. The minimum atomic E-state index is -0.508. The van der Waals surface area contributed by atoms with Crippen LogP contribution in [-0.2, 0) is 4.79 Å². The van der Waals surface area contributed by atoms with E-state index in [0.717, 1.165) is 12.8 Å². The molecular weight excluding hydrogens is 335 g/mol. The maximum atomic E-state index is 13.0. The van der Waals surface area contributed by atoms with E-state index in [2.05, 4.69) is 10.1 Å². The number of carbonyl (C=O) groups excluding carboxylic acids is 1. The number of aromatic nitrogens is 2. The zero-order valence-corrected chi connectivity index (χ0v) is 14.1. The van der Waals surface area contributed by atoms with E-state index in [-0.39, 0.29) is 30.0 Å². The molecule has 1 saturated heterocycles. The molecule has 1 aromatic heterocycles. The molecule has 3 rings (SSSR count). The van der Waals surface area contributed by atoms with Crippen LogP contribution in [0.5, 0.6) is 0 Å². The van der Waals surface area contributed by atoms with Gasteiger partial charge in [0, 0.05) is 18.7 Å². The highest BCUT2D eigenvalue weighted by Crippen LogP contribution is 2.27. The lowest BCUT2D eigenvalue weighted by atomic mass is 9.97. The highest BCUT2D eigenvalue weighted by molar-refractivity contribution is 5.85. The number of likely N-dealkylation sites (tertiary alicyclic amines) is 1. The first-order valence-corrected chi connectivity index (χ1v) is 7.68. The molecule has 6 nitrogen and oxygen atoms in total. The average molecular weight is 355 g/mol. The molecule has 8 heteroatoms. The van der Waals surface area contributed by atoms with E-state index < -0.39 is 6.04 Å². The van der Waals surface area contributed by atoms with Gasteiger partial charge >= 0.3 is 0 Å². The highest BCUT2D eigenvalue weighted by Gasteiger charge is 2.29. The van der Waals surface area contributed by atoms with E-state index in [1.807, 2.05) is 0 Å². The number of rotatable bonds is 3. The molecule has 1 unspecified atom stereocenters. The van der Waals surface area contributed by atoms with Crippen molar-refractivity contribution in [2.45, 2.75) is 31.7 Å². The third-order valence-corrected chi connectivity index (χ3v) is 4.02. The molecule has 2 atom stereocenters. The van der Waals surface area contributed by atoms with Gasteiger partial charge in [0.15, 0.2) is 0 Å². The number of carbonyl (C=O) groups is 1. The molecule has 1 fully saturated rings. The summed E-state index contributed by atoms with van der Waals surface area (Å²) >= 11 is 0. The van der Waals surface area contributed by atoms with Crippen molar-refractivity contribution >= 4 is 18.3 Å². The number of halogens is 2. The van der Waals surface area contributed by atoms with Gasteiger partial charge in [-0.25, -0.2) is 4.39 Å². The summed E-state index contributed by atoms with van der Waals surface area (Å²) in [7, 11) is 0. The zero-order valence-electron chi connectivity index (χ0n) is 13.3. The summed E-state index contributed by atoms with van der Waals surface area (Å²) in [6.07, 6.45) is 1.76. The fraction of sp³-hybridized carbons (Fsp3) is 0.438. The Balaban J connectivity index is 0.00000208. The van der Waals surface area contributed by atoms with E-state index in [9.17, 15) is 9.18 Å². The quantitative estimate of drug-likeness (QED) is 0.914. The Kier molecular flexibility index (Phi) is 5.90. The molecule has 1 aromatic carbocycles. The molecule has 0 radical (unpaired) electrons. The molecule has 130 valence electrons. The van der Waals surface area contributed by atoms with Crippen LogP contribution in [0.15, 0.2) is 28.8 Å². The van der Waals surface area contributed by atoms with Gasteiger partial charge in [-0.1, -0.05) is 5.16 Å². The van der Waals surface area contributed by atoms with Crippen molar-refractivity contribution in [2.75, 3.05) is 13.1 Å². The summed E-state index contributed by atoms with van der Waals surface area (Å²) < 4.78 is 18.3. The SMILES string of the molecule is C[C@H](N)C(=O)N1CCCC(c2nc(-c3ccc(F)cc3)no2)C1.Cl. The molecule has 0 saturated carbocycles. The fourth-order valence-electron chi connectivity index (χ4n) is 2.78. The number of amides is 1. The number of benzene rings is 1. The van der Waals surface area contributed by atoms with Gasteiger partial charge < -0.3 is 15.2 Å². The molecule has 2 aromatic rings. The van der Waals surface area contributed by atoms with Crippen molar-refractivity contribution in [3.8, 4) is 11.4 Å². The smallest absolute Gasteiger partial charge is 0.239 e. The molecule has 1 amide bonds. The van der Waals surface area contributed by atoms with Crippen molar-refractivity contribution in [3.63, 3.8) is 0 Å². The number of hydrogen-bond donors (Lipinski definition) is 1. The van der Waals surface area contributed by atoms with Gasteiger partial charge in [-0.3, -0.25) is 4.79 Å². The Bertz CT molecular complexity index is 690. The largest absolute Gasteiger partial charge is 0.341 e. The number of nitrogens with two attached hydrogens (primary N) is 1. The van der Waals surface area contributed by atoms with Crippen LogP contribution in [-0.4, -0.2) is 40.1 Å². The minimum Gasteiger partial charge on any atom is -0.341 e. The zero-order chi connectivity index (χ0) is 16.4. The van der Waals surface area contributed by atoms with Gasteiger partial charge in [0.25, 0.3) is 0 Å². The Morgan fingerprint density at radius 1 is 1.42 bits per heavy atom. The van der Waals surface area contributed by atoms with Gasteiger partial charge in [-0.15, -0.1) is 12.4 Å². The first kappa shape index (κ1) is 18.4.